The highest BCUT2D eigenvalue weighted by atomic mass is 35.5. The van der Waals surface area contributed by atoms with Crippen LogP contribution < -0.4 is 10.1 Å². The van der Waals surface area contributed by atoms with E-state index in [9.17, 15) is 20.0 Å². The molecule has 22 heavy (non-hydrogen) atoms. The average Bonchev–Trinajstić information content (AvgIpc) is 2.58. The number of aliphatic hydroxyl groups is 1. The molecule has 0 saturated carbocycles. The highest BCUT2D eigenvalue weighted by molar-refractivity contribution is 6.31. The number of hydrogen-bond acceptors (Lipinski definition) is 5. The van der Waals surface area contributed by atoms with Crippen LogP contribution in [0, 0.1) is 10.1 Å². The molecule has 2 atom stereocenters. The summed E-state index contributed by atoms with van der Waals surface area (Å²) < 4.78 is 5.15. The number of carbonyl (C=O) groups is 1. The summed E-state index contributed by atoms with van der Waals surface area (Å²) in [5.41, 5.74) is 0.697. The largest absolute Gasteiger partial charge is 0.490 e. The number of nitrogens with one attached hydrogen (secondary N) is 1. The summed E-state index contributed by atoms with van der Waals surface area (Å²) in [6.07, 6.45) is 0.330. The highest BCUT2D eigenvalue weighted by Gasteiger charge is 2.32. The smallest absolute Gasteiger partial charge is 0.312 e. The van der Waals surface area contributed by atoms with Gasteiger partial charge in [-0.2, -0.15) is 0 Å². The van der Waals surface area contributed by atoms with Gasteiger partial charge in [-0.05, 0) is 24.8 Å². The lowest BCUT2D eigenvalue weighted by atomic mass is 9.98. The summed E-state index contributed by atoms with van der Waals surface area (Å²) in [6, 6.07) is 1.02. The quantitative estimate of drug-likeness (QED) is 0.503. The zero-order chi connectivity index (χ0) is 16.4. The number of benzene rings is 1. The Morgan fingerprint density at radius 2 is 2.27 bits per heavy atom. The molecule has 1 aliphatic rings. The van der Waals surface area contributed by atoms with Gasteiger partial charge in [-0.3, -0.25) is 14.9 Å². The van der Waals surface area contributed by atoms with E-state index in [-0.39, 0.29) is 34.8 Å². The lowest BCUT2D eigenvalue weighted by molar-refractivity contribution is -0.385. The van der Waals surface area contributed by atoms with Gasteiger partial charge in [-0.25, -0.2) is 0 Å². The standard InChI is InChI=1S/C14H17ClN2O5/c1-7(18)16-8-3-4-9-10(15)6-11(17(20)21)14(22-2)13(9)12(19)5-8/h6,8,12,19H,3-5H2,1-2H3,(H,16,18)/t8-,12?/m0/s1. The van der Waals surface area contributed by atoms with E-state index in [0.717, 1.165) is 0 Å². The van der Waals surface area contributed by atoms with Crippen LogP contribution in [0.4, 0.5) is 5.69 Å². The van der Waals surface area contributed by atoms with E-state index in [1.807, 2.05) is 0 Å². The van der Waals surface area contributed by atoms with E-state index in [0.29, 0.717) is 24.0 Å². The number of nitro groups is 1. The van der Waals surface area contributed by atoms with Crippen molar-refractivity contribution in [2.45, 2.75) is 38.3 Å². The van der Waals surface area contributed by atoms with Gasteiger partial charge in [0.15, 0.2) is 0 Å². The molecular weight excluding hydrogens is 312 g/mol. The van der Waals surface area contributed by atoms with Crippen molar-refractivity contribution >= 4 is 23.2 Å². The van der Waals surface area contributed by atoms with Gasteiger partial charge < -0.3 is 15.2 Å². The third-order valence-corrected chi connectivity index (χ3v) is 4.08. The van der Waals surface area contributed by atoms with Gasteiger partial charge in [0, 0.05) is 24.6 Å². The Balaban J connectivity index is 2.51. The molecule has 0 fully saturated rings. The minimum atomic E-state index is -0.998. The zero-order valence-corrected chi connectivity index (χ0v) is 13.0. The van der Waals surface area contributed by atoms with E-state index in [1.165, 1.54) is 20.1 Å². The van der Waals surface area contributed by atoms with Crippen molar-refractivity contribution in [2.24, 2.45) is 0 Å². The average molecular weight is 329 g/mol. The van der Waals surface area contributed by atoms with Crippen LogP contribution in [0.3, 0.4) is 0 Å². The fraction of sp³-hybridized carbons (Fsp3) is 0.500. The summed E-state index contributed by atoms with van der Waals surface area (Å²) in [6.45, 7) is 1.41. The first-order valence-corrected chi connectivity index (χ1v) is 7.21. The maximum absolute atomic E-state index is 11.2. The van der Waals surface area contributed by atoms with Crippen molar-refractivity contribution in [2.75, 3.05) is 7.11 Å². The van der Waals surface area contributed by atoms with E-state index in [1.54, 1.807) is 0 Å². The topological polar surface area (TPSA) is 102 Å². The van der Waals surface area contributed by atoms with Gasteiger partial charge in [0.05, 0.1) is 23.2 Å². The first kappa shape index (κ1) is 16.5. The predicted molar refractivity (Wildman–Crippen MR) is 80.2 cm³/mol. The van der Waals surface area contributed by atoms with E-state index in [4.69, 9.17) is 16.3 Å². The molecule has 2 N–H and O–H groups in total. The molecule has 1 aliphatic carbocycles. The first-order chi connectivity index (χ1) is 10.3. The number of nitro benzene ring substituents is 1. The van der Waals surface area contributed by atoms with Crippen LogP contribution in [0.1, 0.15) is 37.0 Å². The molecule has 0 aliphatic heterocycles. The van der Waals surface area contributed by atoms with Gasteiger partial charge in [-0.15, -0.1) is 0 Å². The summed E-state index contributed by atoms with van der Waals surface area (Å²) in [5.74, 6) is -0.160. The minimum absolute atomic E-state index is 0.0281. The van der Waals surface area contributed by atoms with Crippen LogP contribution in [-0.4, -0.2) is 29.1 Å². The molecule has 8 heteroatoms. The van der Waals surface area contributed by atoms with Crippen molar-refractivity contribution in [1.29, 1.82) is 0 Å². The highest BCUT2D eigenvalue weighted by Crippen LogP contribution is 2.44. The summed E-state index contributed by atoms with van der Waals surface area (Å²) in [4.78, 5) is 21.8. The van der Waals surface area contributed by atoms with Crippen LogP contribution in [-0.2, 0) is 11.2 Å². The van der Waals surface area contributed by atoms with Crippen molar-refractivity contribution in [3.63, 3.8) is 0 Å². The number of fused-ring (bicyclic) bond motifs is 1. The number of rotatable bonds is 3. The molecular formula is C14H17ClN2O5. The van der Waals surface area contributed by atoms with Crippen molar-refractivity contribution in [3.05, 3.63) is 32.3 Å². The minimum Gasteiger partial charge on any atom is -0.490 e. The molecule has 1 aromatic carbocycles. The Hall–Kier alpha value is -1.86. The molecule has 1 unspecified atom stereocenters. The van der Waals surface area contributed by atoms with E-state index >= 15 is 0 Å². The number of ether oxygens (including phenoxy) is 1. The molecule has 1 aromatic rings. The third kappa shape index (κ3) is 3.15. The number of aliphatic hydroxyl groups excluding tert-OH is 1. The molecule has 0 saturated heterocycles. The van der Waals surface area contributed by atoms with Gasteiger partial charge >= 0.3 is 5.69 Å². The number of halogens is 1. The Morgan fingerprint density at radius 3 is 2.82 bits per heavy atom. The normalized spacial score (nSPS) is 20.7. The lowest BCUT2D eigenvalue weighted by Gasteiger charge is -2.19. The SMILES string of the molecule is COc1c([N+](=O)[O-])cc(Cl)c2c1C(O)C[C@@H](NC(C)=O)CC2. The Bertz CT molecular complexity index is 620. The van der Waals surface area contributed by atoms with Crippen LogP contribution in [0.25, 0.3) is 0 Å². The van der Waals surface area contributed by atoms with Crippen molar-refractivity contribution in [1.82, 2.24) is 5.32 Å². The number of nitrogens with zero attached hydrogens (tertiary/aromatic N) is 1. The number of amides is 1. The number of carbonyl (C=O) groups excluding carboxylic acids is 1. The maximum atomic E-state index is 11.2. The second-order valence-corrected chi connectivity index (χ2v) is 5.65. The van der Waals surface area contributed by atoms with Crippen LogP contribution >= 0.6 is 11.6 Å². The van der Waals surface area contributed by atoms with Crippen LogP contribution in [0.5, 0.6) is 5.75 Å². The first-order valence-electron chi connectivity index (χ1n) is 6.84. The summed E-state index contributed by atoms with van der Waals surface area (Å²) in [5, 5.41) is 24.6. The van der Waals surface area contributed by atoms with Gasteiger partial charge in [0.1, 0.15) is 0 Å². The summed E-state index contributed by atoms with van der Waals surface area (Å²) in [7, 11) is 1.32. The predicted octanol–water partition coefficient (Wildman–Crippen LogP) is 2.13. The molecule has 0 bridgehead atoms. The molecule has 7 nitrogen and oxygen atoms in total. The molecule has 0 spiro atoms. The number of hydrogen-bond donors (Lipinski definition) is 2. The van der Waals surface area contributed by atoms with E-state index in [2.05, 4.69) is 5.32 Å². The lowest BCUT2D eigenvalue weighted by Crippen LogP contribution is -2.33. The molecule has 0 radical (unpaired) electrons. The van der Waals surface area contributed by atoms with Gasteiger partial charge in [0.25, 0.3) is 0 Å². The van der Waals surface area contributed by atoms with Crippen molar-refractivity contribution in [3.8, 4) is 5.75 Å². The molecule has 2 rings (SSSR count). The van der Waals surface area contributed by atoms with Crippen LogP contribution in [0.2, 0.25) is 5.02 Å². The zero-order valence-electron chi connectivity index (χ0n) is 12.3. The molecule has 120 valence electrons. The Kier molecular flexibility index (Phi) is 4.87. The van der Waals surface area contributed by atoms with Gasteiger partial charge in [0.2, 0.25) is 11.7 Å². The fourth-order valence-electron chi connectivity index (χ4n) is 2.88. The Morgan fingerprint density at radius 1 is 1.59 bits per heavy atom. The fourth-order valence-corrected chi connectivity index (χ4v) is 3.17. The van der Waals surface area contributed by atoms with Crippen LogP contribution in [0.15, 0.2) is 6.07 Å². The van der Waals surface area contributed by atoms with Gasteiger partial charge in [-0.1, -0.05) is 11.6 Å². The summed E-state index contributed by atoms with van der Waals surface area (Å²) >= 11 is 6.15. The van der Waals surface area contributed by atoms with Crippen molar-refractivity contribution < 1.29 is 19.6 Å². The second-order valence-electron chi connectivity index (χ2n) is 5.25. The second kappa shape index (κ2) is 6.50. The monoisotopic (exact) mass is 328 g/mol. The maximum Gasteiger partial charge on any atom is 0.312 e. The molecule has 0 heterocycles. The van der Waals surface area contributed by atoms with E-state index < -0.39 is 11.0 Å². The third-order valence-electron chi connectivity index (χ3n) is 3.75. The molecule has 0 aromatic heterocycles. The number of methoxy groups -OCH3 is 1. The Labute approximate surface area is 132 Å². The molecule has 1 amide bonds.